The predicted octanol–water partition coefficient (Wildman–Crippen LogP) is 2.31. The van der Waals surface area contributed by atoms with Crippen LogP contribution in [-0.4, -0.2) is 23.0 Å². The van der Waals surface area contributed by atoms with Gasteiger partial charge in [-0.1, -0.05) is 11.6 Å². The highest BCUT2D eigenvalue weighted by molar-refractivity contribution is 6.31. The van der Waals surface area contributed by atoms with Crippen LogP contribution < -0.4 is 0 Å². The summed E-state index contributed by atoms with van der Waals surface area (Å²) >= 11 is 5.82. The Morgan fingerprint density at radius 2 is 2.33 bits per heavy atom. The van der Waals surface area contributed by atoms with E-state index in [4.69, 9.17) is 16.3 Å². The zero-order chi connectivity index (χ0) is 11.0. The molecule has 78 valence electrons. The average Bonchev–Trinajstić information content (AvgIpc) is 2.52. The zero-order valence-corrected chi connectivity index (χ0v) is 9.05. The molecule has 0 spiro atoms. The molecule has 15 heavy (non-hydrogen) atoms. The average molecular weight is 225 g/mol. The summed E-state index contributed by atoms with van der Waals surface area (Å²) in [7, 11) is 1.35. The van der Waals surface area contributed by atoms with Gasteiger partial charge in [-0.05, 0) is 13.0 Å². The topological polar surface area (TPSA) is 55.0 Å². The Labute approximate surface area is 91.2 Å². The van der Waals surface area contributed by atoms with Crippen molar-refractivity contribution in [3.63, 3.8) is 0 Å². The highest BCUT2D eigenvalue weighted by atomic mass is 35.5. The van der Waals surface area contributed by atoms with E-state index in [1.807, 2.05) is 0 Å². The Bertz CT molecular complexity index is 533. The molecular formula is C10H9ClN2O2. The lowest BCUT2D eigenvalue weighted by Crippen LogP contribution is -2.01. The molecular weight excluding hydrogens is 216 g/mol. The van der Waals surface area contributed by atoms with Gasteiger partial charge in [0.15, 0.2) is 0 Å². The summed E-state index contributed by atoms with van der Waals surface area (Å²) in [6, 6.07) is 1.69. The Balaban J connectivity index is 2.76. The molecule has 4 nitrogen and oxygen atoms in total. The van der Waals surface area contributed by atoms with Gasteiger partial charge in [0.05, 0.1) is 17.7 Å². The molecule has 0 radical (unpaired) electrons. The first-order valence-corrected chi connectivity index (χ1v) is 4.73. The van der Waals surface area contributed by atoms with Gasteiger partial charge >= 0.3 is 5.97 Å². The predicted molar refractivity (Wildman–Crippen MR) is 57.2 cm³/mol. The second-order valence-electron chi connectivity index (χ2n) is 3.17. The largest absolute Gasteiger partial charge is 0.465 e. The van der Waals surface area contributed by atoms with E-state index < -0.39 is 0 Å². The minimum atomic E-state index is -0.386. The van der Waals surface area contributed by atoms with E-state index >= 15 is 0 Å². The summed E-state index contributed by atoms with van der Waals surface area (Å²) in [5, 5.41) is 1.18. The number of aromatic amines is 1. The second-order valence-corrected chi connectivity index (χ2v) is 3.60. The van der Waals surface area contributed by atoms with Gasteiger partial charge in [0.25, 0.3) is 0 Å². The highest BCUT2D eigenvalue weighted by Gasteiger charge is 2.17. The van der Waals surface area contributed by atoms with Crippen LogP contribution in [0.4, 0.5) is 0 Å². The molecule has 1 N–H and O–H groups in total. The van der Waals surface area contributed by atoms with Gasteiger partial charge in [-0.3, -0.25) is 0 Å². The van der Waals surface area contributed by atoms with Crippen LogP contribution in [0.2, 0.25) is 5.02 Å². The van der Waals surface area contributed by atoms with Gasteiger partial charge in [0.1, 0.15) is 5.65 Å². The van der Waals surface area contributed by atoms with Crippen molar-refractivity contribution < 1.29 is 9.53 Å². The number of aryl methyl sites for hydroxylation is 1. The SMILES string of the molecule is COC(=O)c1c(C)[nH]c2ncc(Cl)cc12. The van der Waals surface area contributed by atoms with Crippen LogP contribution in [0, 0.1) is 6.92 Å². The number of carbonyl (C=O) groups excluding carboxylic acids is 1. The molecule has 2 aromatic rings. The third-order valence-electron chi connectivity index (χ3n) is 2.19. The van der Waals surface area contributed by atoms with Crippen LogP contribution in [0.1, 0.15) is 16.1 Å². The summed E-state index contributed by atoms with van der Waals surface area (Å²) in [5.41, 5.74) is 1.85. The molecule has 0 aliphatic heterocycles. The first-order valence-electron chi connectivity index (χ1n) is 4.35. The first-order chi connectivity index (χ1) is 7.13. The first kappa shape index (κ1) is 9.98. The van der Waals surface area contributed by atoms with Crippen LogP contribution in [-0.2, 0) is 4.74 Å². The number of aromatic nitrogens is 2. The second kappa shape index (κ2) is 3.55. The monoisotopic (exact) mass is 224 g/mol. The van der Waals surface area contributed by atoms with E-state index in [1.165, 1.54) is 13.3 Å². The lowest BCUT2D eigenvalue weighted by Gasteiger charge is -1.98. The van der Waals surface area contributed by atoms with Gasteiger partial charge in [0, 0.05) is 17.3 Å². The van der Waals surface area contributed by atoms with E-state index in [-0.39, 0.29) is 5.97 Å². The van der Waals surface area contributed by atoms with Crippen LogP contribution >= 0.6 is 11.6 Å². The zero-order valence-electron chi connectivity index (χ0n) is 8.30. The van der Waals surface area contributed by atoms with Crippen molar-refractivity contribution >= 4 is 28.6 Å². The molecule has 0 unspecified atom stereocenters. The molecule has 0 saturated heterocycles. The number of ether oxygens (including phenoxy) is 1. The molecule has 0 saturated carbocycles. The third-order valence-corrected chi connectivity index (χ3v) is 2.40. The van der Waals surface area contributed by atoms with Crippen molar-refractivity contribution in [2.24, 2.45) is 0 Å². The maximum absolute atomic E-state index is 11.5. The maximum atomic E-state index is 11.5. The van der Waals surface area contributed by atoms with E-state index in [0.29, 0.717) is 21.6 Å². The standard InChI is InChI=1S/C10H9ClN2O2/c1-5-8(10(14)15-2)7-3-6(11)4-12-9(7)13-5/h3-4H,1-2H3,(H,12,13). The van der Waals surface area contributed by atoms with Gasteiger partial charge in [-0.15, -0.1) is 0 Å². The van der Waals surface area contributed by atoms with Crippen molar-refractivity contribution in [3.05, 3.63) is 28.5 Å². The number of hydrogen-bond donors (Lipinski definition) is 1. The van der Waals surface area contributed by atoms with Gasteiger partial charge in [-0.25, -0.2) is 9.78 Å². The van der Waals surface area contributed by atoms with Crippen molar-refractivity contribution in [1.82, 2.24) is 9.97 Å². The summed E-state index contributed by atoms with van der Waals surface area (Å²) in [5.74, 6) is -0.386. The number of nitrogens with one attached hydrogen (secondary N) is 1. The summed E-state index contributed by atoms with van der Waals surface area (Å²) in [6.07, 6.45) is 1.53. The molecule has 2 aromatic heterocycles. The lowest BCUT2D eigenvalue weighted by molar-refractivity contribution is 0.0602. The van der Waals surface area contributed by atoms with E-state index in [1.54, 1.807) is 13.0 Å². The number of methoxy groups -OCH3 is 1. The number of esters is 1. The number of fused-ring (bicyclic) bond motifs is 1. The molecule has 0 fully saturated rings. The summed E-state index contributed by atoms with van der Waals surface area (Å²) in [4.78, 5) is 18.6. The lowest BCUT2D eigenvalue weighted by atomic mass is 10.2. The molecule has 0 amide bonds. The number of carbonyl (C=O) groups is 1. The Morgan fingerprint density at radius 1 is 1.60 bits per heavy atom. The molecule has 0 aromatic carbocycles. The fourth-order valence-corrected chi connectivity index (χ4v) is 1.69. The van der Waals surface area contributed by atoms with E-state index in [9.17, 15) is 4.79 Å². The molecule has 2 heterocycles. The van der Waals surface area contributed by atoms with Gasteiger partial charge < -0.3 is 9.72 Å². The normalized spacial score (nSPS) is 10.6. The van der Waals surface area contributed by atoms with Crippen molar-refractivity contribution in [1.29, 1.82) is 0 Å². The number of H-pyrrole nitrogens is 1. The van der Waals surface area contributed by atoms with E-state index in [2.05, 4.69) is 9.97 Å². The van der Waals surface area contributed by atoms with Gasteiger partial charge in [0.2, 0.25) is 0 Å². The minimum absolute atomic E-state index is 0.386. The van der Waals surface area contributed by atoms with Crippen LogP contribution in [0.15, 0.2) is 12.3 Å². The summed E-state index contributed by atoms with van der Waals surface area (Å²) < 4.78 is 4.69. The quantitative estimate of drug-likeness (QED) is 0.757. The molecule has 0 bridgehead atoms. The minimum Gasteiger partial charge on any atom is -0.465 e. The number of hydrogen-bond acceptors (Lipinski definition) is 3. The van der Waals surface area contributed by atoms with Crippen LogP contribution in [0.3, 0.4) is 0 Å². The van der Waals surface area contributed by atoms with Crippen LogP contribution in [0.25, 0.3) is 11.0 Å². The molecule has 5 heteroatoms. The smallest absolute Gasteiger partial charge is 0.340 e. The third kappa shape index (κ3) is 1.57. The summed E-state index contributed by atoms with van der Waals surface area (Å²) in [6.45, 7) is 1.79. The highest BCUT2D eigenvalue weighted by Crippen LogP contribution is 2.23. The Morgan fingerprint density at radius 3 is 3.00 bits per heavy atom. The fourth-order valence-electron chi connectivity index (χ4n) is 1.54. The molecule has 0 atom stereocenters. The number of rotatable bonds is 1. The molecule has 0 aliphatic carbocycles. The Hall–Kier alpha value is -1.55. The number of nitrogens with zero attached hydrogens (tertiary/aromatic N) is 1. The number of pyridine rings is 1. The van der Waals surface area contributed by atoms with Gasteiger partial charge in [-0.2, -0.15) is 0 Å². The number of halogens is 1. The van der Waals surface area contributed by atoms with Crippen molar-refractivity contribution in [2.75, 3.05) is 7.11 Å². The Kier molecular flexibility index (Phi) is 2.36. The van der Waals surface area contributed by atoms with Crippen LogP contribution in [0.5, 0.6) is 0 Å². The van der Waals surface area contributed by atoms with Crippen molar-refractivity contribution in [2.45, 2.75) is 6.92 Å². The molecule has 2 rings (SSSR count). The molecule has 0 aliphatic rings. The van der Waals surface area contributed by atoms with Crippen molar-refractivity contribution in [3.8, 4) is 0 Å². The van der Waals surface area contributed by atoms with E-state index in [0.717, 1.165) is 5.69 Å². The fraction of sp³-hybridized carbons (Fsp3) is 0.200. The maximum Gasteiger partial charge on any atom is 0.340 e.